The lowest BCUT2D eigenvalue weighted by Gasteiger charge is -2.27. The van der Waals surface area contributed by atoms with Gasteiger partial charge in [-0.25, -0.2) is 8.78 Å². The van der Waals surface area contributed by atoms with Gasteiger partial charge in [0.2, 0.25) is 0 Å². The van der Waals surface area contributed by atoms with Crippen molar-refractivity contribution in [2.24, 2.45) is 0 Å². The summed E-state index contributed by atoms with van der Waals surface area (Å²) < 4.78 is 31.8. The Kier molecular flexibility index (Phi) is 5.82. The number of benzene rings is 1. The average molecular weight is 297 g/mol. The van der Waals surface area contributed by atoms with Crippen LogP contribution < -0.4 is 0 Å². The van der Waals surface area contributed by atoms with Crippen molar-refractivity contribution in [3.05, 3.63) is 35.4 Å². The molecule has 1 aliphatic rings. The lowest BCUT2D eigenvalue weighted by molar-refractivity contribution is -0.00144. The van der Waals surface area contributed by atoms with Crippen LogP contribution in [0.3, 0.4) is 0 Å². The lowest BCUT2D eigenvalue weighted by Crippen LogP contribution is -2.34. The molecular weight excluding hydrogens is 276 g/mol. The summed E-state index contributed by atoms with van der Waals surface area (Å²) in [5.41, 5.74) is 0.0924. The van der Waals surface area contributed by atoms with Crippen LogP contribution in [0.4, 0.5) is 8.78 Å². The first-order chi connectivity index (χ1) is 10.0. The number of halogens is 2. The van der Waals surface area contributed by atoms with Gasteiger partial charge in [0, 0.05) is 37.7 Å². The van der Waals surface area contributed by atoms with Crippen LogP contribution in [-0.4, -0.2) is 43.5 Å². The fourth-order valence-electron chi connectivity index (χ4n) is 2.54. The first-order valence-corrected chi connectivity index (χ1v) is 7.34. The van der Waals surface area contributed by atoms with Gasteiger partial charge in [0.05, 0.1) is 6.10 Å². The summed E-state index contributed by atoms with van der Waals surface area (Å²) in [5.74, 6) is -1.69. The highest BCUT2D eigenvalue weighted by atomic mass is 19.1. The maximum absolute atomic E-state index is 13.1. The number of likely N-dealkylation sites (N-methyl/N-ethyl adjacent to an activating group) is 1. The molecule has 1 saturated heterocycles. The number of Topliss-reactive ketones (excluding diaryl/α,β-unsaturated/α-hetero) is 1. The zero-order chi connectivity index (χ0) is 15.2. The Hall–Kier alpha value is -1.33. The normalized spacial score (nSPS) is 19.0. The molecule has 0 N–H and O–H groups in total. The van der Waals surface area contributed by atoms with Gasteiger partial charge >= 0.3 is 0 Å². The predicted octanol–water partition coefficient (Wildman–Crippen LogP) is 3.04. The minimum absolute atomic E-state index is 0.0924. The Balaban J connectivity index is 1.79. The molecule has 0 bridgehead atoms. The van der Waals surface area contributed by atoms with Crippen molar-refractivity contribution in [2.45, 2.75) is 31.8 Å². The first-order valence-electron chi connectivity index (χ1n) is 7.34. The Morgan fingerprint density at radius 1 is 1.29 bits per heavy atom. The van der Waals surface area contributed by atoms with E-state index in [2.05, 4.69) is 0 Å². The zero-order valence-electron chi connectivity index (χ0n) is 12.3. The molecule has 1 aromatic carbocycles. The largest absolute Gasteiger partial charge is 0.377 e. The van der Waals surface area contributed by atoms with Crippen LogP contribution in [0.15, 0.2) is 18.2 Å². The molecule has 1 aromatic rings. The molecule has 116 valence electrons. The smallest absolute Gasteiger partial charge is 0.164 e. The van der Waals surface area contributed by atoms with Crippen LogP contribution in [0, 0.1) is 11.6 Å². The number of hydrogen-bond acceptors (Lipinski definition) is 3. The van der Waals surface area contributed by atoms with Gasteiger partial charge in [-0.15, -0.1) is 0 Å². The number of ketones is 1. The molecule has 3 nitrogen and oxygen atoms in total. The van der Waals surface area contributed by atoms with E-state index in [1.807, 2.05) is 11.9 Å². The van der Waals surface area contributed by atoms with Crippen molar-refractivity contribution in [1.29, 1.82) is 0 Å². The number of nitrogens with zero attached hydrogens (tertiary/aromatic N) is 1. The Morgan fingerprint density at radius 3 is 2.62 bits per heavy atom. The Bertz CT molecular complexity index is 467. The van der Waals surface area contributed by atoms with Crippen LogP contribution in [-0.2, 0) is 4.74 Å². The fourth-order valence-corrected chi connectivity index (χ4v) is 2.54. The Labute approximate surface area is 123 Å². The summed E-state index contributed by atoms with van der Waals surface area (Å²) >= 11 is 0. The molecule has 1 heterocycles. The third kappa shape index (κ3) is 5.17. The van der Waals surface area contributed by atoms with E-state index >= 15 is 0 Å². The van der Waals surface area contributed by atoms with Gasteiger partial charge in [0.15, 0.2) is 5.78 Å². The summed E-state index contributed by atoms with van der Waals surface area (Å²) in [6, 6.07) is 2.93. The van der Waals surface area contributed by atoms with Crippen molar-refractivity contribution < 1.29 is 18.3 Å². The Morgan fingerprint density at radius 2 is 2.00 bits per heavy atom. The van der Waals surface area contributed by atoms with Crippen molar-refractivity contribution >= 4 is 5.78 Å². The molecule has 1 fully saturated rings. The molecule has 5 heteroatoms. The number of carbonyl (C=O) groups excluding carboxylic acids is 1. The zero-order valence-corrected chi connectivity index (χ0v) is 12.3. The third-order valence-corrected chi connectivity index (χ3v) is 3.69. The van der Waals surface area contributed by atoms with E-state index < -0.39 is 11.6 Å². The molecule has 1 aliphatic heterocycles. The van der Waals surface area contributed by atoms with E-state index in [-0.39, 0.29) is 23.9 Å². The standard InChI is InChI=1S/C16H21F2NO2/c1-19(11-15-4-2-3-7-21-15)6-5-16(20)12-8-13(17)10-14(18)9-12/h8-10,15H,2-7,11H2,1H3. The predicted molar refractivity (Wildman–Crippen MR) is 76.4 cm³/mol. The second-order valence-corrected chi connectivity index (χ2v) is 5.58. The van der Waals surface area contributed by atoms with Crippen LogP contribution in [0.1, 0.15) is 36.0 Å². The molecule has 1 unspecified atom stereocenters. The van der Waals surface area contributed by atoms with Crippen LogP contribution >= 0.6 is 0 Å². The molecule has 1 atom stereocenters. The number of ether oxygens (including phenoxy) is 1. The van der Waals surface area contributed by atoms with Gasteiger partial charge in [-0.1, -0.05) is 0 Å². The highest BCUT2D eigenvalue weighted by Crippen LogP contribution is 2.14. The minimum Gasteiger partial charge on any atom is -0.377 e. The number of carbonyl (C=O) groups is 1. The van der Waals surface area contributed by atoms with Crippen LogP contribution in [0.5, 0.6) is 0 Å². The van der Waals surface area contributed by atoms with Gasteiger partial charge in [0.25, 0.3) is 0 Å². The highest BCUT2D eigenvalue weighted by molar-refractivity contribution is 5.96. The van der Waals surface area contributed by atoms with Crippen molar-refractivity contribution in [3.63, 3.8) is 0 Å². The van der Waals surface area contributed by atoms with Gasteiger partial charge in [-0.3, -0.25) is 4.79 Å². The van der Waals surface area contributed by atoms with Crippen molar-refractivity contribution in [1.82, 2.24) is 4.90 Å². The summed E-state index contributed by atoms with van der Waals surface area (Å²) in [6.07, 6.45) is 3.81. The maximum atomic E-state index is 13.1. The van der Waals surface area contributed by atoms with E-state index in [9.17, 15) is 13.6 Å². The third-order valence-electron chi connectivity index (χ3n) is 3.69. The monoisotopic (exact) mass is 297 g/mol. The summed E-state index contributed by atoms with van der Waals surface area (Å²) in [6.45, 7) is 2.14. The van der Waals surface area contributed by atoms with Gasteiger partial charge in [-0.05, 0) is 38.4 Å². The van der Waals surface area contributed by atoms with Crippen molar-refractivity contribution in [2.75, 3.05) is 26.7 Å². The van der Waals surface area contributed by atoms with E-state index in [4.69, 9.17) is 4.74 Å². The van der Waals surface area contributed by atoms with E-state index in [0.29, 0.717) is 6.54 Å². The highest BCUT2D eigenvalue weighted by Gasteiger charge is 2.17. The molecular formula is C16H21F2NO2. The first kappa shape index (κ1) is 16.0. The SMILES string of the molecule is CN(CCC(=O)c1cc(F)cc(F)c1)CC1CCCCO1. The van der Waals surface area contributed by atoms with E-state index in [1.165, 1.54) is 6.42 Å². The number of hydrogen-bond donors (Lipinski definition) is 0. The van der Waals surface area contributed by atoms with E-state index in [1.54, 1.807) is 0 Å². The summed E-state index contributed by atoms with van der Waals surface area (Å²) in [4.78, 5) is 14.0. The molecule has 0 aromatic heterocycles. The molecule has 0 spiro atoms. The molecule has 0 amide bonds. The second-order valence-electron chi connectivity index (χ2n) is 5.58. The number of rotatable bonds is 6. The lowest BCUT2D eigenvalue weighted by atomic mass is 10.1. The van der Waals surface area contributed by atoms with Gasteiger partial charge in [-0.2, -0.15) is 0 Å². The fraction of sp³-hybridized carbons (Fsp3) is 0.562. The molecule has 0 radical (unpaired) electrons. The van der Waals surface area contributed by atoms with Gasteiger partial charge < -0.3 is 9.64 Å². The van der Waals surface area contributed by atoms with Crippen LogP contribution in [0.25, 0.3) is 0 Å². The summed E-state index contributed by atoms with van der Waals surface area (Å²) in [5, 5.41) is 0. The second kappa shape index (κ2) is 7.61. The van der Waals surface area contributed by atoms with E-state index in [0.717, 1.165) is 44.2 Å². The molecule has 21 heavy (non-hydrogen) atoms. The molecule has 2 rings (SSSR count). The molecule has 0 saturated carbocycles. The quantitative estimate of drug-likeness (QED) is 0.756. The summed E-state index contributed by atoms with van der Waals surface area (Å²) in [7, 11) is 1.93. The average Bonchev–Trinajstić information content (AvgIpc) is 2.45. The van der Waals surface area contributed by atoms with Crippen LogP contribution in [0.2, 0.25) is 0 Å². The van der Waals surface area contributed by atoms with Crippen molar-refractivity contribution in [3.8, 4) is 0 Å². The molecule has 0 aliphatic carbocycles. The topological polar surface area (TPSA) is 29.5 Å². The minimum atomic E-state index is -0.720. The van der Waals surface area contributed by atoms with Gasteiger partial charge in [0.1, 0.15) is 11.6 Å². The maximum Gasteiger partial charge on any atom is 0.164 e.